The Kier molecular flexibility index (Phi) is 7.31. The summed E-state index contributed by atoms with van der Waals surface area (Å²) >= 11 is 1.14. The van der Waals surface area contributed by atoms with Crippen LogP contribution in [0.25, 0.3) is 0 Å². The molecule has 0 unspecified atom stereocenters. The summed E-state index contributed by atoms with van der Waals surface area (Å²) in [6.45, 7) is 3.40. The van der Waals surface area contributed by atoms with Crippen LogP contribution in [0.4, 0.5) is 29.3 Å². The quantitative estimate of drug-likeness (QED) is 0.470. The molecule has 3 aromatic rings. The summed E-state index contributed by atoms with van der Waals surface area (Å²) in [7, 11) is 1.28. The monoisotopic (exact) mass is 509 g/mol. The van der Waals surface area contributed by atoms with Gasteiger partial charge in [0.15, 0.2) is 11.9 Å². The van der Waals surface area contributed by atoms with Crippen LogP contribution in [0.1, 0.15) is 23.8 Å². The molecule has 1 aliphatic rings. The Morgan fingerprint density at radius 3 is 2.69 bits per heavy atom. The highest BCUT2D eigenvalue weighted by atomic mass is 32.1. The molecule has 186 valence electrons. The predicted molar refractivity (Wildman–Crippen MR) is 122 cm³/mol. The van der Waals surface area contributed by atoms with Gasteiger partial charge in [-0.2, -0.15) is 5.10 Å². The number of anilines is 3. The fourth-order valence-corrected chi connectivity index (χ4v) is 4.32. The Labute approximate surface area is 202 Å². The van der Waals surface area contributed by atoms with Crippen LogP contribution in [0.3, 0.4) is 0 Å². The Morgan fingerprint density at radius 2 is 1.97 bits per heavy atom. The molecule has 10 nitrogen and oxygen atoms in total. The third-order valence-electron chi connectivity index (χ3n) is 5.15. The van der Waals surface area contributed by atoms with E-state index in [9.17, 15) is 18.0 Å². The van der Waals surface area contributed by atoms with E-state index >= 15 is 0 Å². The van der Waals surface area contributed by atoms with E-state index in [4.69, 9.17) is 4.74 Å². The van der Waals surface area contributed by atoms with Gasteiger partial charge in [-0.3, -0.25) is 10.1 Å². The fourth-order valence-electron chi connectivity index (χ4n) is 3.59. The van der Waals surface area contributed by atoms with Crippen molar-refractivity contribution in [2.24, 2.45) is 0 Å². The lowest BCUT2D eigenvalue weighted by Crippen LogP contribution is -2.26. The van der Waals surface area contributed by atoms with Gasteiger partial charge < -0.3 is 19.7 Å². The predicted octanol–water partition coefficient (Wildman–Crippen LogP) is 3.55. The largest absolute Gasteiger partial charge is 0.573 e. The highest BCUT2D eigenvalue weighted by molar-refractivity contribution is 7.19. The molecule has 0 saturated carbocycles. The molecule has 1 fully saturated rings. The van der Waals surface area contributed by atoms with Crippen molar-refractivity contribution in [3.63, 3.8) is 0 Å². The van der Waals surface area contributed by atoms with Crippen LogP contribution in [0.5, 0.6) is 5.75 Å². The van der Waals surface area contributed by atoms with Gasteiger partial charge in [0.05, 0.1) is 5.69 Å². The number of aryl methyl sites for hydroxylation is 1. The van der Waals surface area contributed by atoms with E-state index in [1.807, 2.05) is 19.1 Å². The van der Waals surface area contributed by atoms with Crippen LogP contribution < -0.4 is 20.3 Å². The molecule has 0 aliphatic carbocycles. The molecule has 2 atom stereocenters. The van der Waals surface area contributed by atoms with Gasteiger partial charge in [0.2, 0.25) is 10.3 Å². The molecule has 1 saturated heterocycles. The molecule has 35 heavy (non-hydrogen) atoms. The van der Waals surface area contributed by atoms with Crippen LogP contribution in [0.2, 0.25) is 0 Å². The number of hydrogen-bond donors (Lipinski definition) is 2. The molecule has 14 heteroatoms. The van der Waals surface area contributed by atoms with Crippen molar-refractivity contribution in [2.75, 3.05) is 35.7 Å². The average Bonchev–Trinajstić information content (AvgIpc) is 3.44. The summed E-state index contributed by atoms with van der Waals surface area (Å²) in [6, 6.07) is 9.00. The van der Waals surface area contributed by atoms with Gasteiger partial charge in [-0.15, -0.1) is 28.5 Å². The van der Waals surface area contributed by atoms with Crippen LogP contribution in [0, 0.1) is 6.92 Å². The summed E-state index contributed by atoms with van der Waals surface area (Å²) in [6.07, 6.45) is -5.16. The van der Waals surface area contributed by atoms with E-state index in [0.29, 0.717) is 11.7 Å². The van der Waals surface area contributed by atoms with Crippen LogP contribution >= 0.6 is 11.3 Å². The Hall–Kier alpha value is -3.52. The highest BCUT2D eigenvalue weighted by Crippen LogP contribution is 2.29. The van der Waals surface area contributed by atoms with Crippen LogP contribution in [0.15, 0.2) is 36.4 Å². The maximum atomic E-state index is 12.7. The van der Waals surface area contributed by atoms with E-state index in [0.717, 1.165) is 47.9 Å². The van der Waals surface area contributed by atoms with E-state index < -0.39 is 24.1 Å². The van der Waals surface area contributed by atoms with Crippen LogP contribution in [-0.2, 0) is 9.53 Å². The number of rotatable bonds is 8. The first kappa shape index (κ1) is 24.6. The maximum Gasteiger partial charge on any atom is 0.573 e. The molecule has 1 aliphatic heterocycles. The summed E-state index contributed by atoms with van der Waals surface area (Å²) in [5.41, 5.74) is 1.05. The van der Waals surface area contributed by atoms with Crippen molar-refractivity contribution in [3.05, 3.63) is 47.7 Å². The maximum absolute atomic E-state index is 12.7. The van der Waals surface area contributed by atoms with Gasteiger partial charge in [-0.1, -0.05) is 23.5 Å². The van der Waals surface area contributed by atoms with Gasteiger partial charge in [-0.25, -0.2) is 0 Å². The molecule has 0 spiro atoms. The molecule has 0 radical (unpaired) electrons. The SMILES string of the molecule is CO[C@H](C(=O)Nc1nnc(N[C@@H]2CCN(c3ccc(C)nn3)C2)s1)c1cccc(OC(F)(F)F)c1. The summed E-state index contributed by atoms with van der Waals surface area (Å²) in [4.78, 5) is 14.8. The zero-order chi connectivity index (χ0) is 25.0. The first-order chi connectivity index (χ1) is 16.7. The topological polar surface area (TPSA) is 114 Å². The van der Waals surface area contributed by atoms with Crippen LogP contribution in [-0.4, -0.2) is 58.9 Å². The zero-order valence-electron chi connectivity index (χ0n) is 18.7. The van der Waals surface area contributed by atoms with Gasteiger partial charge in [0.1, 0.15) is 5.75 Å². The lowest BCUT2D eigenvalue weighted by molar-refractivity contribution is -0.274. The third kappa shape index (κ3) is 6.54. The number of benzene rings is 1. The minimum atomic E-state index is -4.84. The third-order valence-corrected chi connectivity index (χ3v) is 5.92. The van der Waals surface area contributed by atoms with E-state index in [1.54, 1.807) is 0 Å². The number of nitrogens with zero attached hydrogens (tertiary/aromatic N) is 5. The lowest BCUT2D eigenvalue weighted by atomic mass is 10.1. The average molecular weight is 510 g/mol. The number of methoxy groups -OCH3 is 1. The lowest BCUT2D eigenvalue weighted by Gasteiger charge is -2.17. The molecular weight excluding hydrogens is 487 g/mol. The number of halogens is 3. The number of carbonyl (C=O) groups is 1. The Balaban J connectivity index is 1.34. The molecule has 3 heterocycles. The number of carbonyl (C=O) groups excluding carboxylic acids is 1. The molecule has 2 N–H and O–H groups in total. The summed E-state index contributed by atoms with van der Waals surface area (Å²) in [5, 5.41) is 23.0. The highest BCUT2D eigenvalue weighted by Gasteiger charge is 2.32. The number of hydrogen-bond acceptors (Lipinski definition) is 10. The molecule has 4 rings (SSSR count). The second-order valence-electron chi connectivity index (χ2n) is 7.75. The zero-order valence-corrected chi connectivity index (χ0v) is 19.6. The number of ether oxygens (including phenoxy) is 2. The van der Waals surface area contributed by atoms with Crippen molar-refractivity contribution in [3.8, 4) is 5.75 Å². The number of nitrogens with one attached hydrogen (secondary N) is 2. The second kappa shape index (κ2) is 10.4. The van der Waals surface area contributed by atoms with Crippen molar-refractivity contribution in [2.45, 2.75) is 31.9 Å². The van der Waals surface area contributed by atoms with E-state index in [-0.39, 0.29) is 16.7 Å². The van der Waals surface area contributed by atoms with Gasteiger partial charge in [-0.05, 0) is 43.2 Å². The van der Waals surface area contributed by atoms with Gasteiger partial charge in [0, 0.05) is 26.2 Å². The van der Waals surface area contributed by atoms with Gasteiger partial charge >= 0.3 is 6.36 Å². The number of aromatic nitrogens is 4. The van der Waals surface area contributed by atoms with E-state index in [2.05, 4.69) is 40.7 Å². The minimum absolute atomic E-state index is 0.109. The smallest absolute Gasteiger partial charge is 0.406 e. The van der Waals surface area contributed by atoms with Crippen molar-refractivity contribution >= 4 is 33.3 Å². The molecule has 1 amide bonds. The normalized spacial score (nSPS) is 16.7. The van der Waals surface area contributed by atoms with Crippen molar-refractivity contribution < 1.29 is 27.4 Å². The van der Waals surface area contributed by atoms with Crippen molar-refractivity contribution in [1.29, 1.82) is 0 Å². The van der Waals surface area contributed by atoms with Crippen molar-refractivity contribution in [1.82, 2.24) is 20.4 Å². The Morgan fingerprint density at radius 1 is 1.17 bits per heavy atom. The van der Waals surface area contributed by atoms with E-state index in [1.165, 1.54) is 19.2 Å². The Bertz CT molecular complexity index is 1160. The second-order valence-corrected chi connectivity index (χ2v) is 8.72. The standard InChI is InChI=1S/C21H22F3N7O3S/c1-12-6-7-16(28-27-12)31-9-8-14(11-31)25-19-29-30-20(35-19)26-18(32)17(33-2)13-4-3-5-15(10-13)34-21(22,23)24/h3-7,10,14,17H,8-9,11H2,1-2H3,(H,25,29)(H,26,30,32)/t14-,17+/m1/s1. The molecule has 0 bridgehead atoms. The summed E-state index contributed by atoms with van der Waals surface area (Å²) < 4.78 is 46.7. The van der Waals surface area contributed by atoms with Gasteiger partial charge in [0.25, 0.3) is 5.91 Å². The number of alkyl halides is 3. The first-order valence-electron chi connectivity index (χ1n) is 10.5. The summed E-state index contributed by atoms with van der Waals surface area (Å²) in [5.74, 6) is -0.251. The molecular formula is C21H22F3N7O3S. The number of amides is 1. The minimum Gasteiger partial charge on any atom is -0.406 e. The molecule has 2 aromatic heterocycles. The first-order valence-corrected chi connectivity index (χ1v) is 11.4. The fraction of sp³-hybridized carbons (Fsp3) is 0.381. The molecule has 1 aromatic carbocycles.